The Balaban J connectivity index is 0.00000768. The fraction of sp³-hybridized carbons (Fsp3) is 0.485. The number of carbonyl (C=O) groups excluding carboxylic acids is 5. The predicted octanol–water partition coefficient (Wildman–Crippen LogP) is 1.69. The molecule has 12 nitrogen and oxygen atoms in total. The van der Waals surface area contributed by atoms with Crippen LogP contribution in [0.4, 0.5) is 0 Å². The highest BCUT2D eigenvalue weighted by Crippen LogP contribution is 2.30. The van der Waals surface area contributed by atoms with Crippen LogP contribution in [0.1, 0.15) is 43.2 Å². The van der Waals surface area contributed by atoms with Gasteiger partial charge in [-0.15, -0.1) is 12.4 Å². The second-order valence-corrected chi connectivity index (χ2v) is 12.5. The number of rotatable bonds is 16. The zero-order valence-corrected chi connectivity index (χ0v) is 28.4. The van der Waals surface area contributed by atoms with Gasteiger partial charge in [0.25, 0.3) is 0 Å². The molecular weight excluding hydrogens is 646 g/mol. The van der Waals surface area contributed by atoms with E-state index in [1.165, 1.54) is 35.9 Å². The quantitative estimate of drug-likeness (QED) is 0.163. The highest BCUT2D eigenvalue weighted by molar-refractivity contribution is 7.98. The second kappa shape index (κ2) is 19.8. The van der Waals surface area contributed by atoms with Crippen LogP contribution >= 0.6 is 24.2 Å². The number of hydrogen-bond donors (Lipinski definition) is 5. The number of nitrogens with one attached hydrogen (secondary N) is 2. The molecule has 14 heteroatoms. The monoisotopic (exact) mass is 691 g/mol. The Hall–Kier alpha value is -3.81. The summed E-state index contributed by atoms with van der Waals surface area (Å²) < 4.78 is 4.96. The number of methoxy groups -OCH3 is 1. The van der Waals surface area contributed by atoms with Crippen molar-refractivity contribution in [2.24, 2.45) is 17.4 Å². The van der Waals surface area contributed by atoms with Crippen molar-refractivity contribution >= 4 is 53.8 Å². The largest absolute Gasteiger partial charge is 0.508 e. The molecule has 0 radical (unpaired) electrons. The van der Waals surface area contributed by atoms with Gasteiger partial charge in [0.1, 0.15) is 17.8 Å². The summed E-state index contributed by atoms with van der Waals surface area (Å²) in [7, 11) is 1.32. The van der Waals surface area contributed by atoms with Crippen molar-refractivity contribution in [3.8, 4) is 5.75 Å². The number of nitrogens with two attached hydrogens (primary N) is 2. The van der Waals surface area contributed by atoms with E-state index in [-0.39, 0.29) is 37.0 Å². The number of hydrogen-bond acceptors (Lipinski definition) is 9. The van der Waals surface area contributed by atoms with E-state index in [9.17, 15) is 29.1 Å². The van der Waals surface area contributed by atoms with E-state index in [0.717, 1.165) is 11.1 Å². The van der Waals surface area contributed by atoms with Crippen LogP contribution in [0.15, 0.2) is 54.6 Å². The Labute approximate surface area is 286 Å². The molecule has 0 bridgehead atoms. The van der Waals surface area contributed by atoms with Crippen LogP contribution in [0.5, 0.6) is 5.75 Å². The molecule has 0 aromatic heterocycles. The van der Waals surface area contributed by atoms with Crippen LogP contribution in [0.3, 0.4) is 0 Å². The summed E-state index contributed by atoms with van der Waals surface area (Å²) in [6.45, 7) is -0.442. The van der Waals surface area contributed by atoms with Gasteiger partial charge in [-0.3, -0.25) is 24.0 Å². The molecule has 3 rings (SSSR count). The summed E-state index contributed by atoms with van der Waals surface area (Å²) in [5.74, 6) is -2.48. The van der Waals surface area contributed by atoms with Crippen molar-refractivity contribution < 1.29 is 33.8 Å². The van der Waals surface area contributed by atoms with Gasteiger partial charge in [0, 0.05) is 12.5 Å². The number of benzene rings is 2. The van der Waals surface area contributed by atoms with E-state index in [2.05, 4.69) is 10.6 Å². The summed E-state index contributed by atoms with van der Waals surface area (Å²) in [5.41, 5.74) is 13.5. The number of phenols is 1. The zero-order valence-electron chi connectivity index (χ0n) is 26.8. The third-order valence-corrected chi connectivity index (χ3v) is 8.83. The summed E-state index contributed by atoms with van der Waals surface area (Å²) >= 11 is 1.50. The van der Waals surface area contributed by atoms with Crippen molar-refractivity contribution in [3.63, 3.8) is 0 Å². The van der Waals surface area contributed by atoms with Gasteiger partial charge < -0.3 is 36.8 Å². The fourth-order valence-corrected chi connectivity index (χ4v) is 6.21. The molecule has 5 atom stereocenters. The highest BCUT2D eigenvalue weighted by atomic mass is 35.5. The molecule has 0 heterocycles. The Morgan fingerprint density at radius 3 is 2.28 bits per heavy atom. The number of esters is 1. The number of primary amides is 1. The normalized spacial score (nSPS) is 17.6. The molecule has 258 valence electrons. The van der Waals surface area contributed by atoms with Crippen molar-refractivity contribution in [1.82, 2.24) is 15.5 Å². The van der Waals surface area contributed by atoms with E-state index in [4.69, 9.17) is 16.2 Å². The number of ether oxygens (including phenoxy) is 1. The Kier molecular flexibility index (Phi) is 16.6. The van der Waals surface area contributed by atoms with Gasteiger partial charge in [0.05, 0.1) is 25.6 Å². The zero-order chi connectivity index (χ0) is 33.6. The number of aromatic hydroxyl groups is 1. The molecule has 2 aromatic rings. The number of nitrogens with zero attached hydrogens (tertiary/aromatic N) is 1. The van der Waals surface area contributed by atoms with Crippen LogP contribution in [0.2, 0.25) is 0 Å². The number of phenolic OH excluding ortho intramolecular Hbond substituents is 1. The van der Waals surface area contributed by atoms with E-state index < -0.39 is 60.3 Å². The van der Waals surface area contributed by atoms with Gasteiger partial charge in [0.15, 0.2) is 0 Å². The first-order valence-corrected chi connectivity index (χ1v) is 16.8. The molecule has 0 saturated heterocycles. The smallest absolute Gasteiger partial charge is 0.308 e. The molecule has 7 N–H and O–H groups in total. The molecule has 1 aliphatic carbocycles. The highest BCUT2D eigenvalue weighted by Gasteiger charge is 2.39. The molecule has 0 unspecified atom stereocenters. The minimum absolute atomic E-state index is 0. The van der Waals surface area contributed by atoms with E-state index >= 15 is 0 Å². The van der Waals surface area contributed by atoms with Crippen LogP contribution in [0.25, 0.3) is 0 Å². The van der Waals surface area contributed by atoms with Crippen molar-refractivity contribution in [2.75, 3.05) is 25.7 Å². The van der Waals surface area contributed by atoms with Crippen LogP contribution in [-0.2, 0) is 41.6 Å². The van der Waals surface area contributed by atoms with Crippen molar-refractivity contribution in [2.45, 2.75) is 69.1 Å². The number of halogens is 1. The Morgan fingerprint density at radius 2 is 1.66 bits per heavy atom. The van der Waals surface area contributed by atoms with Gasteiger partial charge in [-0.1, -0.05) is 48.9 Å². The molecule has 47 heavy (non-hydrogen) atoms. The standard InChI is InChI=1S/C33H45N5O7S.ClH/c1-45-33(44)23-9-6-10-24(19-23)38(28(30(35)41)18-21-7-4-3-5-8-21)29(40)20-36-32(43)27(15-16-46-2)37-31(42)26(34)17-22-11-13-25(39)14-12-22;/h3-5,7-8,11-14,23-24,26-28,39H,6,9-10,15-20,34H2,1-2H3,(H2,35,41)(H,36,43)(H,37,42);1H/t23-,24+,26-,27+,28-;/m0./s1. The van der Waals surface area contributed by atoms with Crippen LogP contribution < -0.4 is 22.1 Å². The second-order valence-electron chi connectivity index (χ2n) is 11.5. The molecule has 0 spiro atoms. The van der Waals surface area contributed by atoms with Crippen LogP contribution in [-0.4, -0.2) is 89.4 Å². The average molecular weight is 692 g/mol. The summed E-state index contributed by atoms with van der Waals surface area (Å²) in [5, 5.41) is 14.9. The van der Waals surface area contributed by atoms with E-state index in [0.29, 0.717) is 37.9 Å². The summed E-state index contributed by atoms with van der Waals surface area (Å²) in [4.78, 5) is 66.9. The van der Waals surface area contributed by atoms with Crippen LogP contribution in [0, 0.1) is 5.92 Å². The lowest BCUT2D eigenvalue weighted by atomic mass is 9.84. The Bertz CT molecular complexity index is 1330. The first kappa shape index (κ1) is 39.4. The van der Waals surface area contributed by atoms with Gasteiger partial charge in [0.2, 0.25) is 23.6 Å². The third-order valence-electron chi connectivity index (χ3n) is 8.18. The lowest BCUT2D eigenvalue weighted by molar-refractivity contribution is -0.150. The SMILES string of the molecule is COC(=O)[C@H]1CCC[C@@H](N(C(=O)CNC(=O)[C@@H](CCSC)NC(=O)[C@@H](N)Cc2ccc(O)cc2)[C@@H](Cc2ccccc2)C(N)=O)C1.Cl. The van der Waals surface area contributed by atoms with Crippen molar-refractivity contribution in [3.05, 3.63) is 65.7 Å². The number of amides is 4. The molecule has 1 saturated carbocycles. The lowest BCUT2D eigenvalue weighted by Crippen LogP contribution is -2.58. The predicted molar refractivity (Wildman–Crippen MR) is 183 cm³/mol. The first-order valence-electron chi connectivity index (χ1n) is 15.4. The molecular formula is C33H46ClN5O7S. The summed E-state index contributed by atoms with van der Waals surface area (Å²) in [6.07, 6.45) is 4.63. The lowest BCUT2D eigenvalue weighted by Gasteiger charge is -2.40. The van der Waals surface area contributed by atoms with E-state index in [1.54, 1.807) is 12.1 Å². The third kappa shape index (κ3) is 12.1. The maximum absolute atomic E-state index is 13.9. The first-order chi connectivity index (χ1) is 22.0. The maximum Gasteiger partial charge on any atom is 0.308 e. The van der Waals surface area contributed by atoms with E-state index in [1.807, 2.05) is 36.6 Å². The Morgan fingerprint density at radius 1 is 1.00 bits per heavy atom. The summed E-state index contributed by atoms with van der Waals surface area (Å²) in [6, 6.07) is 12.1. The molecule has 1 fully saturated rings. The average Bonchev–Trinajstić information content (AvgIpc) is 3.06. The van der Waals surface area contributed by atoms with Gasteiger partial charge in [-0.25, -0.2) is 0 Å². The molecule has 0 aliphatic heterocycles. The number of carbonyl (C=O) groups is 5. The topological polar surface area (TPSA) is 194 Å². The van der Waals surface area contributed by atoms with Crippen molar-refractivity contribution in [1.29, 1.82) is 0 Å². The van der Waals surface area contributed by atoms with Gasteiger partial charge in [-0.2, -0.15) is 11.8 Å². The fourth-order valence-electron chi connectivity index (χ4n) is 5.74. The minimum Gasteiger partial charge on any atom is -0.508 e. The number of thioether (sulfide) groups is 1. The minimum atomic E-state index is -1.02. The molecule has 2 aromatic carbocycles. The van der Waals surface area contributed by atoms with Gasteiger partial charge >= 0.3 is 5.97 Å². The molecule has 1 aliphatic rings. The molecule has 4 amide bonds. The maximum atomic E-state index is 13.9. The van der Waals surface area contributed by atoms with Gasteiger partial charge in [-0.05, 0) is 67.4 Å².